The molecule has 1 aromatic carbocycles. The number of hydrogen-bond donors (Lipinski definition) is 2. The second kappa shape index (κ2) is 5.16. The summed E-state index contributed by atoms with van der Waals surface area (Å²) in [5.41, 5.74) is 5.55. The molecule has 0 bridgehead atoms. The minimum absolute atomic E-state index is 0.0971. The Morgan fingerprint density at radius 1 is 1.36 bits per heavy atom. The molecule has 1 amide bonds. The van der Waals surface area contributed by atoms with E-state index in [2.05, 4.69) is 0 Å². The molecule has 1 saturated heterocycles. The quantitative estimate of drug-likeness (QED) is 0.656. The van der Waals surface area contributed by atoms with Crippen molar-refractivity contribution in [3.63, 3.8) is 0 Å². The van der Waals surface area contributed by atoms with E-state index in [9.17, 15) is 20.0 Å². The zero-order valence-electron chi connectivity index (χ0n) is 11.3. The lowest BCUT2D eigenvalue weighted by Gasteiger charge is -2.36. The largest absolute Gasteiger partial charge is 0.380 e. The third kappa shape index (κ3) is 2.37. The zero-order chi connectivity index (χ0) is 15.9. The van der Waals surface area contributed by atoms with Gasteiger partial charge in [0.2, 0.25) is 0 Å². The molecule has 1 aliphatic heterocycles. The fraction of sp³-hybridized carbons (Fsp3) is 0.214. The van der Waals surface area contributed by atoms with E-state index in [4.69, 9.17) is 10.5 Å². The van der Waals surface area contributed by atoms with Crippen LogP contribution in [0.4, 0.5) is 5.00 Å². The minimum Gasteiger partial charge on any atom is -0.380 e. The second-order valence-electron chi connectivity index (χ2n) is 5.05. The fourth-order valence-electron chi connectivity index (χ4n) is 2.24. The number of ether oxygens (including phenoxy) is 1. The molecular formula is C14H12N2O5S. The highest BCUT2D eigenvalue weighted by atomic mass is 32.1. The van der Waals surface area contributed by atoms with E-state index < -0.39 is 16.4 Å². The summed E-state index contributed by atoms with van der Waals surface area (Å²) < 4.78 is 5.00. The number of nitrogens with two attached hydrogens (primary N) is 1. The van der Waals surface area contributed by atoms with Crippen LogP contribution in [-0.2, 0) is 10.3 Å². The fourth-order valence-corrected chi connectivity index (χ4v) is 3.23. The highest BCUT2D eigenvalue weighted by Crippen LogP contribution is 2.37. The van der Waals surface area contributed by atoms with Crippen LogP contribution in [0.25, 0.3) is 10.4 Å². The first-order valence-electron chi connectivity index (χ1n) is 6.40. The predicted molar refractivity (Wildman–Crippen MR) is 79.6 cm³/mol. The monoisotopic (exact) mass is 320 g/mol. The van der Waals surface area contributed by atoms with Gasteiger partial charge in [0.15, 0.2) is 0 Å². The average molecular weight is 320 g/mol. The van der Waals surface area contributed by atoms with E-state index in [1.165, 1.54) is 6.07 Å². The van der Waals surface area contributed by atoms with Crippen molar-refractivity contribution in [2.45, 2.75) is 5.60 Å². The van der Waals surface area contributed by atoms with Crippen LogP contribution in [0.2, 0.25) is 0 Å². The van der Waals surface area contributed by atoms with E-state index in [-0.39, 0.29) is 23.8 Å². The van der Waals surface area contributed by atoms with Gasteiger partial charge in [-0.05, 0) is 17.2 Å². The molecule has 8 heteroatoms. The van der Waals surface area contributed by atoms with Crippen LogP contribution in [0.5, 0.6) is 0 Å². The lowest BCUT2D eigenvalue weighted by Crippen LogP contribution is -2.46. The van der Waals surface area contributed by atoms with Crippen molar-refractivity contribution < 1.29 is 19.6 Å². The number of primary amides is 1. The predicted octanol–water partition coefficient (Wildman–Crippen LogP) is 1.64. The van der Waals surface area contributed by atoms with Crippen molar-refractivity contribution in [2.24, 2.45) is 5.73 Å². The van der Waals surface area contributed by atoms with Crippen LogP contribution < -0.4 is 5.73 Å². The number of carbonyl (C=O) groups excluding carboxylic acids is 1. The van der Waals surface area contributed by atoms with Crippen LogP contribution in [0, 0.1) is 10.1 Å². The van der Waals surface area contributed by atoms with E-state index in [1.807, 2.05) is 0 Å². The van der Waals surface area contributed by atoms with Gasteiger partial charge in [-0.1, -0.05) is 35.6 Å². The molecular weight excluding hydrogens is 308 g/mol. The van der Waals surface area contributed by atoms with Gasteiger partial charge in [0.1, 0.15) is 11.2 Å². The number of hydrogen-bond acceptors (Lipinski definition) is 6. The molecule has 0 saturated carbocycles. The van der Waals surface area contributed by atoms with Gasteiger partial charge in [0, 0.05) is 4.88 Å². The summed E-state index contributed by atoms with van der Waals surface area (Å²) in [6, 6.07) is 8.39. The van der Waals surface area contributed by atoms with Crippen LogP contribution >= 0.6 is 11.3 Å². The highest BCUT2D eigenvalue weighted by molar-refractivity contribution is 7.19. The Balaban J connectivity index is 1.96. The number of amides is 1. The van der Waals surface area contributed by atoms with Crippen LogP contribution in [0.3, 0.4) is 0 Å². The Labute approximate surface area is 129 Å². The maximum Gasteiger partial charge on any atom is 0.337 e. The molecule has 1 fully saturated rings. The minimum atomic E-state index is -0.960. The highest BCUT2D eigenvalue weighted by Gasteiger charge is 2.37. The number of nitrogens with zero attached hydrogens (tertiary/aromatic N) is 1. The Hall–Kier alpha value is -2.29. The standard InChI is InChI=1S/C14H12N2O5S/c15-12(17)10-5-11(22-13(10)16(19)20)8-1-3-9(4-2-8)14(18)6-21-7-14/h1-5,18H,6-7H2,(H2,15,17). The lowest BCUT2D eigenvalue weighted by molar-refractivity contribution is -0.380. The molecule has 1 aromatic heterocycles. The topological polar surface area (TPSA) is 116 Å². The van der Waals surface area contributed by atoms with E-state index in [0.717, 1.165) is 16.9 Å². The molecule has 2 aromatic rings. The number of nitro groups is 1. The van der Waals surface area contributed by atoms with Crippen molar-refractivity contribution in [3.05, 3.63) is 51.6 Å². The third-order valence-electron chi connectivity index (χ3n) is 3.53. The summed E-state index contributed by atoms with van der Waals surface area (Å²) in [4.78, 5) is 22.2. The normalized spacial score (nSPS) is 16.0. The number of thiophene rings is 1. The number of aliphatic hydroxyl groups is 1. The molecule has 3 N–H and O–H groups in total. The van der Waals surface area contributed by atoms with Gasteiger partial charge < -0.3 is 15.6 Å². The van der Waals surface area contributed by atoms with Gasteiger partial charge in [0.05, 0.1) is 18.1 Å². The van der Waals surface area contributed by atoms with Crippen molar-refractivity contribution in [3.8, 4) is 10.4 Å². The molecule has 3 rings (SSSR count). The Bertz CT molecular complexity index is 718. The maximum absolute atomic E-state index is 11.3. The number of carbonyl (C=O) groups is 1. The van der Waals surface area contributed by atoms with Gasteiger partial charge in [-0.2, -0.15) is 0 Å². The summed E-state index contributed by atoms with van der Waals surface area (Å²) in [7, 11) is 0. The van der Waals surface area contributed by atoms with Gasteiger partial charge in [-0.3, -0.25) is 14.9 Å². The molecule has 22 heavy (non-hydrogen) atoms. The molecule has 0 aliphatic carbocycles. The van der Waals surface area contributed by atoms with Crippen molar-refractivity contribution in [1.29, 1.82) is 0 Å². The van der Waals surface area contributed by atoms with Gasteiger partial charge >= 0.3 is 5.00 Å². The van der Waals surface area contributed by atoms with Crippen LogP contribution in [0.1, 0.15) is 15.9 Å². The average Bonchev–Trinajstić information content (AvgIpc) is 2.90. The molecule has 7 nitrogen and oxygen atoms in total. The Morgan fingerprint density at radius 3 is 2.41 bits per heavy atom. The van der Waals surface area contributed by atoms with E-state index in [0.29, 0.717) is 10.4 Å². The summed E-state index contributed by atoms with van der Waals surface area (Å²) >= 11 is 0.895. The van der Waals surface area contributed by atoms with Crippen LogP contribution in [-0.4, -0.2) is 29.2 Å². The van der Waals surface area contributed by atoms with Gasteiger partial charge in [0.25, 0.3) is 5.91 Å². The van der Waals surface area contributed by atoms with Crippen molar-refractivity contribution >= 4 is 22.2 Å². The van der Waals surface area contributed by atoms with Crippen molar-refractivity contribution in [2.75, 3.05) is 13.2 Å². The zero-order valence-corrected chi connectivity index (χ0v) is 12.1. The molecule has 114 valence electrons. The maximum atomic E-state index is 11.3. The third-order valence-corrected chi connectivity index (χ3v) is 4.67. The first-order valence-corrected chi connectivity index (χ1v) is 7.21. The first-order chi connectivity index (χ1) is 10.4. The summed E-state index contributed by atoms with van der Waals surface area (Å²) in [6.45, 7) is 0.505. The molecule has 0 radical (unpaired) electrons. The Morgan fingerprint density at radius 2 is 2.00 bits per heavy atom. The van der Waals surface area contributed by atoms with Crippen molar-refractivity contribution in [1.82, 2.24) is 0 Å². The molecule has 2 heterocycles. The SMILES string of the molecule is NC(=O)c1cc(-c2ccc(C3(O)COC3)cc2)sc1[N+](=O)[O-]. The van der Waals surface area contributed by atoms with E-state index >= 15 is 0 Å². The number of rotatable bonds is 4. The first kappa shape index (κ1) is 14.6. The van der Waals surface area contributed by atoms with Gasteiger partial charge in [-0.25, -0.2) is 0 Å². The van der Waals surface area contributed by atoms with E-state index in [1.54, 1.807) is 24.3 Å². The summed E-state index contributed by atoms with van der Waals surface area (Å²) in [5.74, 6) is -0.827. The summed E-state index contributed by atoms with van der Waals surface area (Å²) in [6.07, 6.45) is 0. The lowest BCUT2D eigenvalue weighted by atomic mass is 9.91. The molecule has 1 aliphatic rings. The summed E-state index contributed by atoms with van der Waals surface area (Å²) in [5, 5.41) is 20.9. The molecule has 0 spiro atoms. The number of benzene rings is 1. The smallest absolute Gasteiger partial charge is 0.337 e. The molecule has 0 unspecified atom stereocenters. The van der Waals surface area contributed by atoms with Crippen LogP contribution in [0.15, 0.2) is 30.3 Å². The second-order valence-corrected chi connectivity index (χ2v) is 6.08. The Kier molecular flexibility index (Phi) is 3.44. The molecule has 0 atom stereocenters. The van der Waals surface area contributed by atoms with Gasteiger partial charge in [-0.15, -0.1) is 0 Å².